The van der Waals surface area contributed by atoms with Crippen LogP contribution in [0.5, 0.6) is 0 Å². The molecule has 0 amide bonds. The van der Waals surface area contributed by atoms with E-state index in [9.17, 15) is 4.79 Å². The first kappa shape index (κ1) is 11.0. The van der Waals surface area contributed by atoms with E-state index in [0.717, 1.165) is 23.0 Å². The number of benzene rings is 1. The van der Waals surface area contributed by atoms with Crippen LogP contribution in [-0.2, 0) is 0 Å². The van der Waals surface area contributed by atoms with E-state index in [1.54, 1.807) is 0 Å². The number of hydrogen-bond donors (Lipinski definition) is 0. The van der Waals surface area contributed by atoms with Crippen molar-refractivity contribution in [2.45, 2.75) is 40.0 Å². The van der Waals surface area contributed by atoms with E-state index in [0.29, 0.717) is 11.7 Å². The van der Waals surface area contributed by atoms with Gasteiger partial charge in [-0.3, -0.25) is 4.79 Å². The Morgan fingerprint density at radius 3 is 2.24 bits per heavy atom. The molecule has 1 heteroatoms. The van der Waals surface area contributed by atoms with E-state index >= 15 is 0 Å². The zero-order valence-electron chi connectivity index (χ0n) is 10.9. The number of fused-ring (bicyclic) bond motifs is 1. The Morgan fingerprint density at radius 2 is 1.59 bits per heavy atom. The molecule has 1 nitrogen and oxygen atoms in total. The fourth-order valence-electron chi connectivity index (χ4n) is 3.62. The first-order valence-corrected chi connectivity index (χ1v) is 6.71. The summed E-state index contributed by atoms with van der Waals surface area (Å²) in [5.74, 6) is 2.23. The van der Waals surface area contributed by atoms with Crippen LogP contribution in [0, 0.1) is 38.5 Å². The molecule has 3 rings (SSSR count). The minimum Gasteiger partial charge on any atom is -0.294 e. The summed E-state index contributed by atoms with van der Waals surface area (Å²) in [5.41, 5.74) is 4.66. The molecule has 2 fully saturated rings. The Bertz CT molecular complexity index is 477. The number of hydrogen-bond acceptors (Lipinski definition) is 1. The van der Waals surface area contributed by atoms with Crippen LogP contribution in [0.3, 0.4) is 0 Å². The minimum absolute atomic E-state index is 0.365. The van der Waals surface area contributed by atoms with Crippen LogP contribution in [0.15, 0.2) is 12.1 Å². The maximum absolute atomic E-state index is 12.5. The van der Waals surface area contributed by atoms with Crippen LogP contribution in [0.1, 0.15) is 46.3 Å². The van der Waals surface area contributed by atoms with Gasteiger partial charge >= 0.3 is 0 Å². The Balaban J connectivity index is 1.89. The van der Waals surface area contributed by atoms with Gasteiger partial charge in [-0.25, -0.2) is 0 Å². The molecule has 2 saturated carbocycles. The van der Waals surface area contributed by atoms with Crippen LogP contribution in [0.2, 0.25) is 0 Å². The number of rotatable bonds is 2. The molecule has 17 heavy (non-hydrogen) atoms. The smallest absolute Gasteiger partial charge is 0.166 e. The fourth-order valence-corrected chi connectivity index (χ4v) is 3.62. The fraction of sp³-hybridized carbons (Fsp3) is 0.562. The second kappa shape index (κ2) is 3.69. The van der Waals surface area contributed by atoms with Crippen molar-refractivity contribution >= 4 is 5.78 Å². The normalized spacial score (nSPS) is 30.2. The maximum Gasteiger partial charge on any atom is 0.166 e. The van der Waals surface area contributed by atoms with E-state index < -0.39 is 0 Å². The van der Waals surface area contributed by atoms with Gasteiger partial charge in [0, 0.05) is 11.5 Å². The molecule has 0 aliphatic heterocycles. The lowest BCUT2D eigenvalue weighted by Crippen LogP contribution is -2.09. The predicted molar refractivity (Wildman–Crippen MR) is 69.3 cm³/mol. The van der Waals surface area contributed by atoms with Crippen LogP contribution in [0.4, 0.5) is 0 Å². The Labute approximate surface area is 103 Å². The zero-order chi connectivity index (χ0) is 12.2. The van der Waals surface area contributed by atoms with Gasteiger partial charge in [0.25, 0.3) is 0 Å². The molecule has 0 saturated heterocycles. The Hall–Kier alpha value is -1.11. The summed E-state index contributed by atoms with van der Waals surface area (Å²) in [6.07, 6.45) is 3.90. The minimum atomic E-state index is 0.365. The number of ketones is 1. The third-order valence-electron chi connectivity index (χ3n) is 4.82. The molecule has 0 bridgehead atoms. The zero-order valence-corrected chi connectivity index (χ0v) is 10.9. The van der Waals surface area contributed by atoms with Crippen molar-refractivity contribution in [3.05, 3.63) is 34.4 Å². The van der Waals surface area contributed by atoms with Crippen molar-refractivity contribution in [2.75, 3.05) is 0 Å². The number of carbonyl (C=O) groups is 1. The molecule has 2 unspecified atom stereocenters. The van der Waals surface area contributed by atoms with Gasteiger partial charge in [-0.15, -0.1) is 0 Å². The van der Waals surface area contributed by atoms with Gasteiger partial charge in [-0.2, -0.15) is 0 Å². The number of carbonyl (C=O) groups excluding carboxylic acids is 1. The standard InChI is InChI=1S/C16H20O/c1-9-7-11(3)14(8-10(9)2)16(17)15-12-5-4-6-13(12)15/h7-8,12-13,15H,4-6H2,1-3H3. The molecule has 0 radical (unpaired) electrons. The molecule has 0 heterocycles. The van der Waals surface area contributed by atoms with E-state index in [2.05, 4.69) is 32.9 Å². The summed E-state index contributed by atoms with van der Waals surface area (Å²) in [6, 6.07) is 4.25. The second-order valence-corrected chi connectivity index (χ2v) is 5.90. The predicted octanol–water partition coefficient (Wildman–Crippen LogP) is 3.84. The molecule has 0 N–H and O–H groups in total. The van der Waals surface area contributed by atoms with Gasteiger partial charge in [0.05, 0.1) is 0 Å². The molecule has 2 aliphatic rings. The van der Waals surface area contributed by atoms with Crippen LogP contribution >= 0.6 is 0 Å². The molecule has 0 aromatic heterocycles. The SMILES string of the molecule is Cc1cc(C)c(C(=O)C2C3CCCC32)cc1C. The van der Waals surface area contributed by atoms with Crippen molar-refractivity contribution in [2.24, 2.45) is 17.8 Å². The van der Waals surface area contributed by atoms with Crippen LogP contribution in [-0.4, -0.2) is 5.78 Å². The summed E-state index contributed by atoms with van der Waals surface area (Å²) in [5, 5.41) is 0. The average Bonchev–Trinajstić information content (AvgIpc) is 2.76. The summed E-state index contributed by atoms with van der Waals surface area (Å²) >= 11 is 0. The van der Waals surface area contributed by atoms with Crippen molar-refractivity contribution in [1.29, 1.82) is 0 Å². The lowest BCUT2D eigenvalue weighted by atomic mass is 9.94. The highest BCUT2D eigenvalue weighted by Gasteiger charge is 2.56. The van der Waals surface area contributed by atoms with Gasteiger partial charge in [-0.05, 0) is 68.2 Å². The van der Waals surface area contributed by atoms with E-state index in [1.807, 2.05) is 0 Å². The molecule has 2 atom stereocenters. The summed E-state index contributed by atoms with van der Waals surface area (Å²) in [7, 11) is 0. The van der Waals surface area contributed by atoms with Crippen molar-refractivity contribution in [1.82, 2.24) is 0 Å². The lowest BCUT2D eigenvalue weighted by molar-refractivity contribution is 0.0951. The highest BCUT2D eigenvalue weighted by atomic mass is 16.1. The highest BCUT2D eigenvalue weighted by molar-refractivity contribution is 6.01. The van der Waals surface area contributed by atoms with E-state index in [-0.39, 0.29) is 0 Å². The Kier molecular flexibility index (Phi) is 2.39. The number of Topliss-reactive ketones (excluding diaryl/α,β-unsaturated/α-hetero) is 1. The van der Waals surface area contributed by atoms with E-state index in [4.69, 9.17) is 0 Å². The maximum atomic E-state index is 12.5. The largest absolute Gasteiger partial charge is 0.294 e. The third kappa shape index (κ3) is 1.64. The summed E-state index contributed by atoms with van der Waals surface area (Å²) < 4.78 is 0. The molecule has 90 valence electrons. The topological polar surface area (TPSA) is 17.1 Å². The summed E-state index contributed by atoms with van der Waals surface area (Å²) in [6.45, 7) is 6.28. The second-order valence-electron chi connectivity index (χ2n) is 5.90. The van der Waals surface area contributed by atoms with E-state index in [1.165, 1.54) is 30.4 Å². The van der Waals surface area contributed by atoms with Crippen molar-refractivity contribution in [3.8, 4) is 0 Å². The molecule has 1 aromatic carbocycles. The molecular formula is C16H20O. The quantitative estimate of drug-likeness (QED) is 0.703. The summed E-state index contributed by atoms with van der Waals surface area (Å²) in [4.78, 5) is 12.5. The molecule has 1 aromatic rings. The van der Waals surface area contributed by atoms with Crippen molar-refractivity contribution in [3.63, 3.8) is 0 Å². The van der Waals surface area contributed by atoms with Crippen LogP contribution in [0.25, 0.3) is 0 Å². The number of aryl methyl sites for hydroxylation is 3. The van der Waals surface area contributed by atoms with Crippen molar-refractivity contribution < 1.29 is 4.79 Å². The monoisotopic (exact) mass is 228 g/mol. The lowest BCUT2D eigenvalue weighted by Gasteiger charge is -2.10. The van der Waals surface area contributed by atoms with Crippen LogP contribution < -0.4 is 0 Å². The van der Waals surface area contributed by atoms with Gasteiger partial charge < -0.3 is 0 Å². The molecule has 2 aliphatic carbocycles. The Morgan fingerprint density at radius 1 is 1.00 bits per heavy atom. The average molecular weight is 228 g/mol. The third-order valence-corrected chi connectivity index (χ3v) is 4.82. The van der Waals surface area contributed by atoms with Gasteiger partial charge in [0.15, 0.2) is 5.78 Å². The molecule has 0 spiro atoms. The van der Waals surface area contributed by atoms with Gasteiger partial charge in [0.1, 0.15) is 0 Å². The van der Waals surface area contributed by atoms with Gasteiger partial charge in [-0.1, -0.05) is 12.5 Å². The first-order chi connectivity index (χ1) is 8.09. The molecular weight excluding hydrogens is 208 g/mol. The highest BCUT2D eigenvalue weighted by Crippen LogP contribution is 2.58. The van der Waals surface area contributed by atoms with Gasteiger partial charge in [0.2, 0.25) is 0 Å². The first-order valence-electron chi connectivity index (χ1n) is 6.71.